The van der Waals surface area contributed by atoms with Crippen LogP contribution in [0.5, 0.6) is 6.01 Å². The first-order valence-electron chi connectivity index (χ1n) is 6.63. The number of esters is 2. The summed E-state index contributed by atoms with van der Waals surface area (Å²) in [6.45, 7) is -0.616. The highest BCUT2D eigenvalue weighted by Gasteiger charge is 2.15. The smallest absolute Gasteiger partial charge is 0.344 e. The molecule has 0 unspecified atom stereocenters. The first-order chi connectivity index (χ1) is 11.5. The van der Waals surface area contributed by atoms with Gasteiger partial charge in [0.1, 0.15) is 12.3 Å². The fraction of sp³-hybridized carbons (Fsp3) is 0.308. The Balaban J connectivity index is 1.87. The molecule has 0 atom stereocenters. The molecule has 24 heavy (non-hydrogen) atoms. The monoisotopic (exact) mass is 356 g/mol. The van der Waals surface area contributed by atoms with Crippen molar-refractivity contribution >= 4 is 23.5 Å². The summed E-state index contributed by atoms with van der Waals surface area (Å²) in [4.78, 5) is 30.6. The maximum Gasteiger partial charge on any atom is 0.344 e. The zero-order valence-electron chi connectivity index (χ0n) is 12.5. The Morgan fingerprint density at radius 2 is 2.12 bits per heavy atom. The van der Waals surface area contributed by atoms with Gasteiger partial charge in [-0.2, -0.15) is 4.98 Å². The van der Waals surface area contributed by atoms with E-state index in [1.807, 2.05) is 0 Å². The number of carbonyl (C=O) groups excluding carboxylic acids is 2. The van der Waals surface area contributed by atoms with Crippen LogP contribution in [0.15, 0.2) is 18.3 Å². The predicted molar refractivity (Wildman–Crippen MR) is 78.5 cm³/mol. The second-order valence-electron chi connectivity index (χ2n) is 4.30. The van der Waals surface area contributed by atoms with Gasteiger partial charge in [-0.15, -0.1) is 0 Å². The predicted octanol–water partition coefficient (Wildman–Crippen LogP) is 0.716. The van der Waals surface area contributed by atoms with E-state index in [4.69, 9.17) is 21.1 Å². The van der Waals surface area contributed by atoms with E-state index in [9.17, 15) is 14.8 Å². The highest BCUT2D eigenvalue weighted by atomic mass is 35.5. The van der Waals surface area contributed by atoms with Gasteiger partial charge >= 0.3 is 17.9 Å². The zero-order valence-corrected chi connectivity index (χ0v) is 13.3. The van der Waals surface area contributed by atoms with Crippen LogP contribution in [0, 0.1) is 0 Å². The Morgan fingerprint density at radius 3 is 2.79 bits per heavy atom. The Labute approximate surface area is 140 Å². The number of ether oxygens (including phenoxy) is 3. The summed E-state index contributed by atoms with van der Waals surface area (Å²) in [5, 5.41) is 13.7. The summed E-state index contributed by atoms with van der Waals surface area (Å²) in [7, 11) is 1.23. The third-order valence-corrected chi connectivity index (χ3v) is 2.87. The topological polar surface area (TPSA) is 126 Å². The number of hydrogen-bond acceptors (Lipinski definition) is 9. The molecule has 0 bridgehead atoms. The fourth-order valence-electron chi connectivity index (χ4n) is 1.53. The minimum atomic E-state index is -0.723. The Morgan fingerprint density at radius 1 is 1.33 bits per heavy atom. The summed E-state index contributed by atoms with van der Waals surface area (Å²) >= 11 is 5.73. The van der Waals surface area contributed by atoms with E-state index in [-0.39, 0.29) is 24.9 Å². The third-order valence-electron chi connectivity index (χ3n) is 2.64. The molecular weight excluding hydrogens is 344 g/mol. The van der Waals surface area contributed by atoms with Crippen LogP contribution >= 0.6 is 11.6 Å². The number of methoxy groups -OCH3 is 1. The van der Waals surface area contributed by atoms with Crippen molar-refractivity contribution in [1.82, 2.24) is 19.9 Å². The van der Waals surface area contributed by atoms with Crippen LogP contribution in [0.3, 0.4) is 0 Å². The number of rotatable bonds is 7. The van der Waals surface area contributed by atoms with Crippen LogP contribution in [-0.4, -0.2) is 57.4 Å². The summed E-state index contributed by atoms with van der Waals surface area (Å²) in [6, 6.07) is 2.86. The highest BCUT2D eigenvalue weighted by molar-refractivity contribution is 6.30. The van der Waals surface area contributed by atoms with Gasteiger partial charge in [-0.05, 0) is 12.1 Å². The minimum absolute atomic E-state index is 0.0146. The van der Waals surface area contributed by atoms with E-state index in [0.717, 1.165) is 0 Å². The molecule has 0 aromatic carbocycles. The van der Waals surface area contributed by atoms with E-state index in [2.05, 4.69) is 19.8 Å². The molecule has 11 heteroatoms. The van der Waals surface area contributed by atoms with E-state index in [0.29, 0.717) is 15.6 Å². The molecule has 10 nitrogen and oxygen atoms in total. The number of halogens is 1. The Bertz CT molecular complexity index is 718. The van der Waals surface area contributed by atoms with E-state index in [1.54, 1.807) is 6.07 Å². The fourth-order valence-corrected chi connectivity index (χ4v) is 1.64. The van der Waals surface area contributed by atoms with E-state index < -0.39 is 18.5 Å². The average Bonchev–Trinajstić information content (AvgIpc) is 2.94. The van der Waals surface area contributed by atoms with E-state index in [1.165, 1.54) is 19.4 Å². The highest BCUT2D eigenvalue weighted by Crippen LogP contribution is 2.18. The molecule has 2 aromatic rings. The van der Waals surface area contributed by atoms with Crippen LogP contribution in [0.25, 0.3) is 11.5 Å². The first kappa shape index (κ1) is 17.5. The largest absolute Gasteiger partial charge is 0.469 e. The molecule has 2 heterocycles. The lowest BCUT2D eigenvalue weighted by Gasteiger charge is -2.03. The Kier molecular flexibility index (Phi) is 5.90. The standard InChI is InChI=1S/C13H13ClN4O6/c1-22-10(19)4-5-23-11(20)7-24-13-16-12(18(21)17-13)9-3-2-8(14)6-15-9/h2-3,6,21H,4-5,7H2,1H3. The van der Waals surface area contributed by atoms with Crippen molar-refractivity contribution in [3.05, 3.63) is 23.4 Å². The molecule has 0 amide bonds. The summed E-state index contributed by atoms with van der Waals surface area (Å²) in [6.07, 6.45) is 1.32. The third kappa shape index (κ3) is 4.81. The second-order valence-corrected chi connectivity index (χ2v) is 4.74. The molecule has 2 rings (SSSR count). The summed E-state index contributed by atoms with van der Waals surface area (Å²) in [5.74, 6) is -1.20. The van der Waals surface area contributed by atoms with Crippen molar-refractivity contribution < 1.29 is 29.0 Å². The van der Waals surface area contributed by atoms with Gasteiger partial charge in [0.2, 0.25) is 5.82 Å². The molecule has 0 saturated carbocycles. The Hall–Kier alpha value is -2.88. The van der Waals surface area contributed by atoms with E-state index >= 15 is 0 Å². The lowest BCUT2D eigenvalue weighted by molar-refractivity contribution is -0.149. The molecule has 1 N–H and O–H groups in total. The van der Waals surface area contributed by atoms with Crippen LogP contribution in [0.2, 0.25) is 5.02 Å². The van der Waals surface area contributed by atoms with Crippen molar-refractivity contribution in [2.75, 3.05) is 20.3 Å². The number of pyridine rings is 1. The molecule has 0 radical (unpaired) electrons. The molecule has 0 aliphatic carbocycles. The average molecular weight is 357 g/mol. The molecule has 2 aromatic heterocycles. The molecule has 0 aliphatic rings. The van der Waals surface area contributed by atoms with Crippen LogP contribution in [0.1, 0.15) is 6.42 Å². The molecule has 0 aliphatic heterocycles. The van der Waals surface area contributed by atoms with Crippen molar-refractivity contribution in [3.63, 3.8) is 0 Å². The van der Waals surface area contributed by atoms with Crippen LogP contribution in [0.4, 0.5) is 0 Å². The maximum atomic E-state index is 11.4. The van der Waals surface area contributed by atoms with Crippen LogP contribution < -0.4 is 4.74 Å². The van der Waals surface area contributed by atoms with Gasteiger partial charge in [-0.1, -0.05) is 21.5 Å². The maximum absolute atomic E-state index is 11.4. The molecule has 0 spiro atoms. The van der Waals surface area contributed by atoms with Gasteiger partial charge in [0.25, 0.3) is 0 Å². The normalized spacial score (nSPS) is 10.2. The number of aromatic nitrogens is 4. The quantitative estimate of drug-likeness (QED) is 0.563. The number of nitrogens with zero attached hydrogens (tertiary/aromatic N) is 4. The number of carbonyl (C=O) groups is 2. The van der Waals surface area contributed by atoms with Gasteiger partial charge in [-0.3, -0.25) is 9.78 Å². The van der Waals surface area contributed by atoms with Gasteiger partial charge in [-0.25, -0.2) is 4.79 Å². The SMILES string of the molecule is COC(=O)CCOC(=O)COc1nc(-c2ccc(Cl)cn2)n(O)n1. The summed E-state index contributed by atoms with van der Waals surface area (Å²) in [5.41, 5.74) is 0.310. The van der Waals surface area contributed by atoms with Crippen molar-refractivity contribution in [1.29, 1.82) is 0 Å². The zero-order chi connectivity index (χ0) is 17.5. The molecule has 0 saturated heterocycles. The molecular formula is C13H13ClN4O6. The first-order valence-corrected chi connectivity index (χ1v) is 7.01. The van der Waals surface area contributed by atoms with Crippen molar-refractivity contribution in [3.8, 4) is 17.5 Å². The van der Waals surface area contributed by atoms with Gasteiger partial charge in [0.05, 0.1) is 18.6 Å². The van der Waals surface area contributed by atoms with Gasteiger partial charge in [0.15, 0.2) is 6.61 Å². The molecule has 128 valence electrons. The lowest BCUT2D eigenvalue weighted by atomic mass is 10.3. The van der Waals surface area contributed by atoms with Gasteiger partial charge < -0.3 is 19.4 Å². The molecule has 0 fully saturated rings. The summed E-state index contributed by atoms with van der Waals surface area (Å²) < 4.78 is 14.2. The lowest BCUT2D eigenvalue weighted by Crippen LogP contribution is -2.17. The van der Waals surface area contributed by atoms with Crippen molar-refractivity contribution in [2.24, 2.45) is 0 Å². The van der Waals surface area contributed by atoms with Crippen molar-refractivity contribution in [2.45, 2.75) is 6.42 Å². The van der Waals surface area contributed by atoms with Crippen LogP contribution in [-0.2, 0) is 19.1 Å². The minimum Gasteiger partial charge on any atom is -0.469 e. The van der Waals surface area contributed by atoms with Gasteiger partial charge in [0, 0.05) is 6.20 Å². The number of hydrogen-bond donors (Lipinski definition) is 1. The second kappa shape index (κ2) is 8.11.